The highest BCUT2D eigenvalue weighted by Gasteiger charge is 2.10. The van der Waals surface area contributed by atoms with E-state index in [1.165, 1.54) is 5.56 Å². The predicted octanol–water partition coefficient (Wildman–Crippen LogP) is 2.60. The van der Waals surface area contributed by atoms with Gasteiger partial charge in [-0.25, -0.2) is 4.68 Å². The van der Waals surface area contributed by atoms with Gasteiger partial charge in [-0.2, -0.15) is 0 Å². The Morgan fingerprint density at radius 1 is 1.19 bits per heavy atom. The van der Waals surface area contributed by atoms with Crippen molar-refractivity contribution >= 4 is 0 Å². The van der Waals surface area contributed by atoms with E-state index in [2.05, 4.69) is 29.4 Å². The predicted molar refractivity (Wildman–Crippen MR) is 65.5 cm³/mol. The van der Waals surface area contributed by atoms with Crippen molar-refractivity contribution in [2.24, 2.45) is 7.05 Å². The Balaban J connectivity index is 0.00000128. The van der Waals surface area contributed by atoms with Crippen LogP contribution in [-0.2, 0) is 13.5 Å². The summed E-state index contributed by atoms with van der Waals surface area (Å²) in [5, 5.41) is 8.27. The average Bonchev–Trinajstić information content (AvgIpc) is 2.62. The van der Waals surface area contributed by atoms with Gasteiger partial charge in [0.2, 0.25) is 0 Å². The molecule has 3 N–H and O–H groups in total. The van der Waals surface area contributed by atoms with Crippen molar-refractivity contribution in [3.05, 3.63) is 36.0 Å². The summed E-state index contributed by atoms with van der Waals surface area (Å²) in [5.74, 6) is 0. The van der Waals surface area contributed by atoms with E-state index in [0.29, 0.717) is 0 Å². The number of benzene rings is 1. The van der Waals surface area contributed by atoms with E-state index in [1.807, 2.05) is 29.9 Å². The minimum Gasteiger partial charge on any atom is -0.344 e. The van der Waals surface area contributed by atoms with Gasteiger partial charge in [-0.3, -0.25) is 0 Å². The van der Waals surface area contributed by atoms with Gasteiger partial charge in [-0.05, 0) is 6.42 Å². The van der Waals surface area contributed by atoms with Crippen LogP contribution in [0.1, 0.15) is 19.0 Å². The second kappa shape index (κ2) is 5.42. The number of hydrogen-bond donors (Lipinski definition) is 1. The van der Waals surface area contributed by atoms with Gasteiger partial charge >= 0.3 is 0 Å². The van der Waals surface area contributed by atoms with Gasteiger partial charge in [0.25, 0.3) is 0 Å². The van der Waals surface area contributed by atoms with Crippen molar-refractivity contribution in [3.63, 3.8) is 0 Å². The van der Waals surface area contributed by atoms with Gasteiger partial charge in [-0.15, -0.1) is 5.10 Å². The van der Waals surface area contributed by atoms with Crippen molar-refractivity contribution in [2.45, 2.75) is 19.8 Å². The van der Waals surface area contributed by atoms with E-state index in [1.54, 1.807) is 0 Å². The van der Waals surface area contributed by atoms with E-state index in [9.17, 15) is 0 Å². The standard InChI is InChI=1S/C12H15N3.H3N/c1-3-7-11-12(15(2)14-13-11)10-8-5-4-6-9-10;/h4-6,8-9H,3,7H2,1-2H3;1H3. The first-order valence-corrected chi connectivity index (χ1v) is 5.27. The number of nitrogens with zero attached hydrogens (tertiary/aromatic N) is 3. The maximum absolute atomic E-state index is 4.19. The zero-order valence-corrected chi connectivity index (χ0v) is 9.85. The first kappa shape index (κ1) is 12.4. The highest BCUT2D eigenvalue weighted by atomic mass is 15.4. The van der Waals surface area contributed by atoms with Crippen molar-refractivity contribution in [2.75, 3.05) is 0 Å². The van der Waals surface area contributed by atoms with Crippen molar-refractivity contribution in [3.8, 4) is 11.3 Å². The fourth-order valence-electron chi connectivity index (χ4n) is 1.75. The van der Waals surface area contributed by atoms with Gasteiger partial charge in [0, 0.05) is 12.6 Å². The Morgan fingerprint density at radius 3 is 2.50 bits per heavy atom. The van der Waals surface area contributed by atoms with Crippen molar-refractivity contribution in [1.29, 1.82) is 0 Å². The molecular weight excluding hydrogens is 200 g/mol. The Kier molecular flexibility index (Phi) is 4.19. The molecule has 4 heteroatoms. The summed E-state index contributed by atoms with van der Waals surface area (Å²) in [5.41, 5.74) is 3.41. The van der Waals surface area contributed by atoms with Gasteiger partial charge in [-0.1, -0.05) is 48.9 Å². The minimum absolute atomic E-state index is 0. The topological polar surface area (TPSA) is 65.7 Å². The molecule has 0 aliphatic heterocycles. The van der Waals surface area contributed by atoms with Gasteiger partial charge in [0.05, 0.1) is 11.4 Å². The lowest BCUT2D eigenvalue weighted by Crippen LogP contribution is -1.95. The van der Waals surface area contributed by atoms with Crippen LogP contribution in [0.15, 0.2) is 30.3 Å². The van der Waals surface area contributed by atoms with Crippen LogP contribution in [-0.4, -0.2) is 15.0 Å². The van der Waals surface area contributed by atoms with Gasteiger partial charge in [0.1, 0.15) is 0 Å². The summed E-state index contributed by atoms with van der Waals surface area (Å²) in [4.78, 5) is 0. The smallest absolute Gasteiger partial charge is 0.0914 e. The van der Waals surface area contributed by atoms with Crippen LogP contribution in [0.3, 0.4) is 0 Å². The molecule has 0 fully saturated rings. The molecule has 0 atom stereocenters. The number of aryl methyl sites for hydroxylation is 2. The lowest BCUT2D eigenvalue weighted by molar-refractivity contribution is 0.717. The number of rotatable bonds is 3. The third kappa shape index (κ3) is 2.28. The molecule has 16 heavy (non-hydrogen) atoms. The van der Waals surface area contributed by atoms with E-state index >= 15 is 0 Å². The van der Waals surface area contributed by atoms with Crippen molar-refractivity contribution < 1.29 is 0 Å². The molecule has 0 aliphatic rings. The molecule has 1 aromatic carbocycles. The third-order valence-corrected chi connectivity index (χ3v) is 2.43. The highest BCUT2D eigenvalue weighted by Crippen LogP contribution is 2.21. The molecule has 0 amide bonds. The van der Waals surface area contributed by atoms with E-state index in [0.717, 1.165) is 24.2 Å². The van der Waals surface area contributed by atoms with Crippen LogP contribution in [0, 0.1) is 0 Å². The van der Waals surface area contributed by atoms with Gasteiger partial charge in [0.15, 0.2) is 0 Å². The molecule has 4 nitrogen and oxygen atoms in total. The summed E-state index contributed by atoms with van der Waals surface area (Å²) < 4.78 is 1.85. The zero-order valence-electron chi connectivity index (χ0n) is 9.85. The second-order valence-electron chi connectivity index (χ2n) is 3.62. The molecular formula is C12H18N4. The lowest BCUT2D eigenvalue weighted by atomic mass is 10.1. The van der Waals surface area contributed by atoms with Crippen molar-refractivity contribution in [1.82, 2.24) is 21.1 Å². The Morgan fingerprint density at radius 2 is 1.88 bits per heavy atom. The molecule has 0 saturated heterocycles. The summed E-state index contributed by atoms with van der Waals surface area (Å²) >= 11 is 0. The Labute approximate surface area is 95.9 Å². The zero-order chi connectivity index (χ0) is 10.7. The molecule has 0 unspecified atom stereocenters. The number of hydrogen-bond acceptors (Lipinski definition) is 3. The maximum Gasteiger partial charge on any atom is 0.0914 e. The van der Waals surface area contributed by atoms with E-state index in [4.69, 9.17) is 0 Å². The lowest BCUT2D eigenvalue weighted by Gasteiger charge is -2.03. The molecule has 0 aliphatic carbocycles. The fourth-order valence-corrected chi connectivity index (χ4v) is 1.75. The Bertz CT molecular complexity index is 434. The second-order valence-corrected chi connectivity index (χ2v) is 3.62. The highest BCUT2D eigenvalue weighted by molar-refractivity contribution is 5.61. The van der Waals surface area contributed by atoms with Crippen LogP contribution in [0.25, 0.3) is 11.3 Å². The SMILES string of the molecule is CCCc1nnn(C)c1-c1ccccc1.N. The summed E-state index contributed by atoms with van der Waals surface area (Å²) in [6, 6.07) is 10.3. The summed E-state index contributed by atoms with van der Waals surface area (Å²) in [6.45, 7) is 2.16. The molecule has 1 heterocycles. The minimum atomic E-state index is 0. The van der Waals surface area contributed by atoms with Crippen LogP contribution in [0.5, 0.6) is 0 Å². The quantitative estimate of drug-likeness (QED) is 0.861. The molecule has 0 spiro atoms. The molecule has 0 bridgehead atoms. The van der Waals surface area contributed by atoms with Crippen LogP contribution in [0.2, 0.25) is 0 Å². The fraction of sp³-hybridized carbons (Fsp3) is 0.333. The first-order chi connectivity index (χ1) is 7.33. The summed E-state index contributed by atoms with van der Waals surface area (Å²) in [6.07, 6.45) is 2.08. The maximum atomic E-state index is 4.19. The van der Waals surface area contributed by atoms with Crippen LogP contribution >= 0.6 is 0 Å². The summed E-state index contributed by atoms with van der Waals surface area (Å²) in [7, 11) is 1.94. The third-order valence-electron chi connectivity index (χ3n) is 2.43. The molecule has 1 aromatic heterocycles. The van der Waals surface area contributed by atoms with Gasteiger partial charge < -0.3 is 6.15 Å². The van der Waals surface area contributed by atoms with Crippen LogP contribution < -0.4 is 6.15 Å². The van der Waals surface area contributed by atoms with Crippen LogP contribution in [0.4, 0.5) is 0 Å². The Hall–Kier alpha value is -1.68. The molecule has 0 saturated carbocycles. The molecule has 0 radical (unpaired) electrons. The first-order valence-electron chi connectivity index (χ1n) is 5.27. The molecule has 86 valence electrons. The van der Waals surface area contributed by atoms with E-state index in [-0.39, 0.29) is 6.15 Å². The molecule has 2 rings (SSSR count). The molecule has 2 aromatic rings. The average molecular weight is 218 g/mol. The largest absolute Gasteiger partial charge is 0.344 e. The van der Waals surface area contributed by atoms with E-state index < -0.39 is 0 Å². The normalized spacial score (nSPS) is 9.88. The monoisotopic (exact) mass is 218 g/mol. The number of aromatic nitrogens is 3.